The maximum Gasteiger partial charge on any atom is 0.143 e. The molecule has 5 heterocycles. The molecule has 0 bridgehead atoms. The lowest BCUT2D eigenvalue weighted by atomic mass is 9.86. The Morgan fingerprint density at radius 2 is 1.85 bits per heavy atom. The van der Waals surface area contributed by atoms with Crippen LogP contribution in [0.1, 0.15) is 42.5 Å². The molecule has 0 spiro atoms. The molecule has 0 amide bonds. The molecule has 5 aromatic rings. The summed E-state index contributed by atoms with van der Waals surface area (Å²) in [5.41, 5.74) is 15.5. The van der Waals surface area contributed by atoms with Crippen molar-refractivity contribution < 1.29 is 4.74 Å². The average molecular weight is 537 g/mol. The van der Waals surface area contributed by atoms with Crippen LogP contribution in [-0.4, -0.2) is 49.6 Å². The van der Waals surface area contributed by atoms with Gasteiger partial charge in [0.2, 0.25) is 0 Å². The lowest BCUT2D eigenvalue weighted by molar-refractivity contribution is 0.0552. The minimum Gasteiger partial charge on any atom is -0.401 e. The number of aromatic nitrogens is 5. The lowest BCUT2D eigenvalue weighted by Crippen LogP contribution is -2.27. The number of pyridine rings is 2. The summed E-state index contributed by atoms with van der Waals surface area (Å²) in [6, 6.07) is 17.1. The third-order valence-corrected chi connectivity index (χ3v) is 7.98. The Hall–Kier alpha value is -4.21. The van der Waals surface area contributed by atoms with Gasteiger partial charge in [-0.3, -0.25) is 9.67 Å². The molecule has 9 heteroatoms. The van der Waals surface area contributed by atoms with Gasteiger partial charge in [0.25, 0.3) is 0 Å². The van der Waals surface area contributed by atoms with Gasteiger partial charge in [-0.25, -0.2) is 10.8 Å². The normalized spacial score (nSPS) is 15.9. The summed E-state index contributed by atoms with van der Waals surface area (Å²) >= 11 is 0. The highest BCUT2D eigenvalue weighted by atomic mass is 16.5. The van der Waals surface area contributed by atoms with Gasteiger partial charge < -0.3 is 20.0 Å². The van der Waals surface area contributed by atoms with E-state index in [0.29, 0.717) is 11.6 Å². The Morgan fingerprint density at radius 3 is 2.50 bits per heavy atom. The van der Waals surface area contributed by atoms with Crippen molar-refractivity contribution in [1.82, 2.24) is 29.3 Å². The first-order valence-electron chi connectivity index (χ1n) is 13.7. The van der Waals surface area contributed by atoms with E-state index in [4.69, 9.17) is 26.3 Å². The zero-order valence-electron chi connectivity index (χ0n) is 23.5. The quantitative estimate of drug-likeness (QED) is 0.238. The van der Waals surface area contributed by atoms with Crippen molar-refractivity contribution in [3.63, 3.8) is 0 Å². The van der Waals surface area contributed by atoms with Crippen molar-refractivity contribution in [3.05, 3.63) is 83.3 Å². The summed E-state index contributed by atoms with van der Waals surface area (Å²) in [6.07, 6.45) is 5.66. The zero-order chi connectivity index (χ0) is 28.0. The predicted octanol–water partition coefficient (Wildman–Crippen LogP) is 4.76. The van der Waals surface area contributed by atoms with Crippen molar-refractivity contribution >= 4 is 27.8 Å². The monoisotopic (exact) mass is 536 g/mol. The number of fused-ring (bicyclic) bond motifs is 3. The van der Waals surface area contributed by atoms with Crippen LogP contribution < -0.4 is 11.6 Å². The second-order valence-corrected chi connectivity index (χ2v) is 10.8. The Balaban J connectivity index is 1.70. The van der Waals surface area contributed by atoms with Crippen molar-refractivity contribution in [2.45, 2.75) is 32.7 Å². The molecule has 0 radical (unpaired) electrons. The number of hydrogen-bond donors (Lipinski definition) is 2. The Morgan fingerprint density at radius 1 is 1.10 bits per heavy atom. The fourth-order valence-electron chi connectivity index (χ4n) is 6.26. The molecule has 206 valence electrons. The molecule has 1 aliphatic rings. The zero-order valence-corrected chi connectivity index (χ0v) is 23.5. The maximum atomic E-state index is 6.29. The van der Waals surface area contributed by atoms with Crippen molar-refractivity contribution in [3.8, 4) is 11.4 Å². The second kappa shape index (κ2) is 10.4. The van der Waals surface area contributed by atoms with Gasteiger partial charge in [-0.1, -0.05) is 30.3 Å². The first-order chi connectivity index (χ1) is 19.3. The van der Waals surface area contributed by atoms with Gasteiger partial charge in [0.15, 0.2) is 0 Å². The number of rotatable bonds is 6. The van der Waals surface area contributed by atoms with Gasteiger partial charge in [0, 0.05) is 50.2 Å². The van der Waals surface area contributed by atoms with Crippen LogP contribution in [-0.2, 0) is 11.8 Å². The molecular weight excluding hydrogens is 500 g/mol. The SMILES string of the molecule is C/C(N)=C(\c1cnc2c3ccc(-c4c(C)cnn4C)nc3n([C@H](c3ccccc3)C3CCOCC3)c2c1)N(C)N. The van der Waals surface area contributed by atoms with E-state index in [-0.39, 0.29) is 6.04 Å². The average Bonchev–Trinajstić information content (AvgIpc) is 3.45. The molecule has 9 nitrogen and oxygen atoms in total. The van der Waals surface area contributed by atoms with Crippen LogP contribution in [0.5, 0.6) is 0 Å². The molecule has 1 aliphatic heterocycles. The molecule has 1 aromatic carbocycles. The molecule has 0 unspecified atom stereocenters. The Bertz CT molecular complexity index is 1690. The molecule has 0 aliphatic carbocycles. The first kappa shape index (κ1) is 26.0. The summed E-state index contributed by atoms with van der Waals surface area (Å²) in [7, 11) is 3.75. The Labute approximate surface area is 234 Å². The highest BCUT2D eigenvalue weighted by molar-refractivity contribution is 6.05. The van der Waals surface area contributed by atoms with E-state index in [2.05, 4.69) is 65.1 Å². The van der Waals surface area contributed by atoms with Crippen LogP contribution in [0.15, 0.2) is 66.6 Å². The molecular formula is C31H36N8O. The van der Waals surface area contributed by atoms with Crippen LogP contribution in [0.25, 0.3) is 39.2 Å². The number of hydrazine groups is 1. The van der Waals surface area contributed by atoms with Gasteiger partial charge in [-0.2, -0.15) is 5.10 Å². The van der Waals surface area contributed by atoms with E-state index >= 15 is 0 Å². The molecule has 1 atom stereocenters. The number of benzene rings is 1. The van der Waals surface area contributed by atoms with Gasteiger partial charge >= 0.3 is 0 Å². The fourth-order valence-corrected chi connectivity index (χ4v) is 6.26. The predicted molar refractivity (Wildman–Crippen MR) is 159 cm³/mol. The maximum absolute atomic E-state index is 6.29. The van der Waals surface area contributed by atoms with E-state index < -0.39 is 0 Å². The number of hydrogen-bond acceptors (Lipinski definition) is 7. The second-order valence-electron chi connectivity index (χ2n) is 10.8. The highest BCUT2D eigenvalue weighted by Gasteiger charge is 2.31. The third kappa shape index (κ3) is 4.41. The number of nitrogens with zero attached hydrogens (tertiary/aromatic N) is 6. The van der Waals surface area contributed by atoms with Crippen molar-refractivity contribution in [1.29, 1.82) is 0 Å². The van der Waals surface area contributed by atoms with E-state index in [9.17, 15) is 0 Å². The van der Waals surface area contributed by atoms with E-state index in [1.807, 2.05) is 31.0 Å². The molecule has 6 rings (SSSR count). The van der Waals surface area contributed by atoms with Gasteiger partial charge in [0.05, 0.1) is 40.4 Å². The van der Waals surface area contributed by atoms with Crippen LogP contribution in [0.3, 0.4) is 0 Å². The minimum atomic E-state index is 0.0412. The molecule has 4 N–H and O–H groups in total. The topological polar surface area (TPSA) is 113 Å². The minimum absolute atomic E-state index is 0.0412. The first-order valence-corrected chi connectivity index (χ1v) is 13.7. The van der Waals surface area contributed by atoms with E-state index in [1.54, 1.807) is 12.1 Å². The summed E-state index contributed by atoms with van der Waals surface area (Å²) in [6.45, 7) is 5.42. The van der Waals surface area contributed by atoms with Crippen LogP contribution >= 0.6 is 0 Å². The van der Waals surface area contributed by atoms with Crippen molar-refractivity contribution in [2.24, 2.45) is 24.5 Å². The largest absolute Gasteiger partial charge is 0.401 e. The summed E-state index contributed by atoms with van der Waals surface area (Å²) in [4.78, 5) is 10.3. The van der Waals surface area contributed by atoms with Crippen molar-refractivity contribution in [2.75, 3.05) is 20.3 Å². The molecule has 1 fully saturated rings. The van der Waals surface area contributed by atoms with E-state index in [1.165, 1.54) is 5.56 Å². The number of nitrogens with two attached hydrogens (primary N) is 2. The van der Waals surface area contributed by atoms with Crippen LogP contribution in [0.4, 0.5) is 0 Å². The number of ether oxygens (including phenoxy) is 1. The van der Waals surface area contributed by atoms with Gasteiger partial charge in [0.1, 0.15) is 5.65 Å². The lowest BCUT2D eigenvalue weighted by Gasteiger charge is -2.33. The summed E-state index contributed by atoms with van der Waals surface area (Å²) in [5, 5.41) is 7.03. The van der Waals surface area contributed by atoms with Gasteiger partial charge in [-0.05, 0) is 61.9 Å². The highest BCUT2D eigenvalue weighted by Crippen LogP contribution is 2.41. The summed E-state index contributed by atoms with van der Waals surface area (Å²) in [5.74, 6) is 6.59. The molecule has 40 heavy (non-hydrogen) atoms. The number of allylic oxidation sites excluding steroid dienone is 1. The standard InChI is InChI=1S/C31H36N8O/c1-19-17-35-38(4)28(19)25-11-10-24-27-26(16-23(18-34-27)29(20(2)32)37(3)33)39(31(24)36-25)30(21-8-6-5-7-9-21)22-12-14-40-15-13-22/h5-11,16-18,22,30H,12-15,32-33H2,1-4H3/b29-20-/t30-/m1/s1. The van der Waals surface area contributed by atoms with E-state index in [0.717, 1.165) is 76.3 Å². The van der Waals surface area contributed by atoms with Crippen LogP contribution in [0, 0.1) is 12.8 Å². The molecule has 0 saturated carbocycles. The molecule has 4 aromatic heterocycles. The smallest absolute Gasteiger partial charge is 0.143 e. The molecule has 1 saturated heterocycles. The van der Waals surface area contributed by atoms with Gasteiger partial charge in [-0.15, -0.1) is 0 Å². The third-order valence-electron chi connectivity index (χ3n) is 7.98. The number of aryl methyl sites for hydroxylation is 2. The summed E-state index contributed by atoms with van der Waals surface area (Å²) < 4.78 is 10.1. The Kier molecular flexibility index (Phi) is 6.77. The van der Waals surface area contributed by atoms with Crippen LogP contribution in [0.2, 0.25) is 0 Å². The fraction of sp³-hybridized carbons (Fsp3) is 0.323.